The van der Waals surface area contributed by atoms with E-state index in [2.05, 4.69) is 78.3 Å². The van der Waals surface area contributed by atoms with Crippen LogP contribution in [0.2, 0.25) is 5.02 Å². The van der Waals surface area contributed by atoms with Gasteiger partial charge in [0.2, 0.25) is 5.91 Å². The van der Waals surface area contributed by atoms with Crippen molar-refractivity contribution in [3.63, 3.8) is 0 Å². The zero-order valence-electron chi connectivity index (χ0n) is 31.5. The largest absolute Gasteiger partial charge is 0.478 e. The maximum absolute atomic E-state index is 13.1. The average Bonchev–Trinajstić information content (AvgIpc) is 3.12. The molecule has 1 aromatic carbocycles. The van der Waals surface area contributed by atoms with Crippen LogP contribution in [-0.4, -0.2) is 65.0 Å². The Morgan fingerprint density at radius 3 is 1.85 bits per heavy atom. The number of hydrogen-bond donors (Lipinski definition) is 4. The molecule has 0 saturated carbocycles. The fraction of sp³-hybridized carbons (Fsp3) is 0.500. The predicted molar refractivity (Wildman–Crippen MR) is 211 cm³/mol. The number of hydrogen-bond acceptors (Lipinski definition) is 7. The van der Waals surface area contributed by atoms with Crippen molar-refractivity contribution in [1.82, 2.24) is 10.6 Å². The summed E-state index contributed by atoms with van der Waals surface area (Å²) in [6.07, 6.45) is 30.6. The van der Waals surface area contributed by atoms with Crippen LogP contribution < -0.4 is 15.4 Å². The molecule has 2 amide bonds. The van der Waals surface area contributed by atoms with Crippen LogP contribution in [0, 0.1) is 0 Å². The third-order valence-electron chi connectivity index (χ3n) is 7.79. The second kappa shape index (κ2) is 27.7. The zero-order chi connectivity index (χ0) is 38.5. The van der Waals surface area contributed by atoms with Gasteiger partial charge in [-0.2, -0.15) is 0 Å². The lowest BCUT2D eigenvalue weighted by molar-refractivity contribution is -0.163. The Bertz CT molecular complexity index is 1350. The topological polar surface area (TPSA) is 134 Å². The Morgan fingerprint density at radius 2 is 1.35 bits per heavy atom. The molecule has 2 atom stereocenters. The van der Waals surface area contributed by atoms with Gasteiger partial charge in [-0.3, -0.25) is 9.59 Å². The number of esters is 1. The van der Waals surface area contributed by atoms with Gasteiger partial charge >= 0.3 is 5.97 Å². The van der Waals surface area contributed by atoms with Crippen molar-refractivity contribution in [2.45, 2.75) is 116 Å². The molecular weight excluding hydrogens is 680 g/mol. The highest BCUT2D eigenvalue weighted by Gasteiger charge is 2.47. The second-order valence-corrected chi connectivity index (χ2v) is 13.2. The van der Waals surface area contributed by atoms with E-state index in [1.807, 2.05) is 19.1 Å². The monoisotopic (exact) mass is 740 g/mol. The number of aliphatic hydroxyl groups is 2. The second-order valence-electron chi connectivity index (χ2n) is 12.7. The molecule has 0 heterocycles. The molecule has 0 aliphatic heterocycles. The summed E-state index contributed by atoms with van der Waals surface area (Å²) < 4.78 is 11.1. The van der Waals surface area contributed by atoms with Gasteiger partial charge in [-0.15, -0.1) is 0 Å². The number of allylic oxidation sites excluding steroid dienone is 12. The molecule has 288 valence electrons. The Balaban J connectivity index is 2.52. The van der Waals surface area contributed by atoms with Gasteiger partial charge < -0.3 is 30.3 Å². The summed E-state index contributed by atoms with van der Waals surface area (Å²) in [6.45, 7) is 6.58. The van der Waals surface area contributed by atoms with Crippen molar-refractivity contribution in [3.8, 4) is 5.75 Å². The summed E-state index contributed by atoms with van der Waals surface area (Å²) in [5, 5.41) is 27.3. The van der Waals surface area contributed by atoms with Crippen LogP contribution in [0.3, 0.4) is 0 Å². The van der Waals surface area contributed by atoms with Crippen LogP contribution in [0.5, 0.6) is 5.75 Å². The normalized spacial score (nSPS) is 14.2. The Labute approximate surface area is 316 Å². The molecule has 4 N–H and O–H groups in total. The van der Waals surface area contributed by atoms with Crippen molar-refractivity contribution >= 4 is 29.4 Å². The molecular formula is C42H61ClN2O7. The average molecular weight is 741 g/mol. The molecule has 52 heavy (non-hydrogen) atoms. The van der Waals surface area contributed by atoms with E-state index in [0.717, 1.165) is 38.5 Å². The van der Waals surface area contributed by atoms with Gasteiger partial charge in [-0.05, 0) is 102 Å². The maximum Gasteiger partial charge on any atom is 0.337 e. The Kier molecular flexibility index (Phi) is 24.6. The molecule has 0 saturated heterocycles. The molecule has 0 aliphatic carbocycles. The van der Waals surface area contributed by atoms with Gasteiger partial charge in [0.05, 0.1) is 19.3 Å². The highest BCUT2D eigenvalue weighted by molar-refractivity contribution is 6.30. The number of carbonyl (C=O) groups excluding carboxylic acids is 3. The van der Waals surface area contributed by atoms with E-state index in [-0.39, 0.29) is 38.3 Å². The van der Waals surface area contributed by atoms with E-state index in [9.17, 15) is 24.6 Å². The van der Waals surface area contributed by atoms with E-state index in [4.69, 9.17) is 21.1 Å². The van der Waals surface area contributed by atoms with Crippen molar-refractivity contribution < 1.29 is 34.1 Å². The zero-order valence-corrected chi connectivity index (χ0v) is 32.3. The summed E-state index contributed by atoms with van der Waals surface area (Å²) in [7, 11) is 0. The molecule has 1 aromatic rings. The summed E-state index contributed by atoms with van der Waals surface area (Å²) >= 11 is 5.92. The fourth-order valence-corrected chi connectivity index (χ4v) is 4.89. The minimum Gasteiger partial charge on any atom is -0.478 e. The molecule has 0 radical (unpaired) electrons. The first-order valence-electron chi connectivity index (χ1n) is 18.4. The van der Waals surface area contributed by atoms with Gasteiger partial charge in [0.15, 0.2) is 11.1 Å². The first-order chi connectivity index (χ1) is 25.0. The SMILES string of the molecule is CC/C=C\C/C=C\C/C=C\C/C=C\C/C=C\C/C=C\CCC(=O)NC(CO)(C(=O)OCCC)C(O)CCCNC(=O)C(C)(C)Oc1ccc(Cl)cc1. The van der Waals surface area contributed by atoms with Crippen LogP contribution in [-0.2, 0) is 19.1 Å². The molecule has 0 fully saturated rings. The van der Waals surface area contributed by atoms with E-state index >= 15 is 0 Å². The highest BCUT2D eigenvalue weighted by Crippen LogP contribution is 2.22. The lowest BCUT2D eigenvalue weighted by Crippen LogP contribution is -2.65. The molecule has 0 bridgehead atoms. The predicted octanol–water partition coefficient (Wildman–Crippen LogP) is 8.03. The standard InChI is InChI=1S/C42H61ClN2O7/c1-5-7-8-9-10-11-12-13-14-15-16-17-18-19-20-21-22-23-24-27-38(48)45-42(34-46,40(50)51-33-6-2)37(47)26-25-32-44-39(49)41(3,4)52-36-30-28-35(43)29-31-36/h7-8,10-11,13-14,16-17,19-20,22-23,28-31,37,46-47H,5-6,9,12,15,18,21,24-27,32-34H2,1-4H3,(H,44,49)(H,45,48)/b8-7-,11-10-,14-13-,17-16-,20-19-,23-22-. The van der Waals surface area contributed by atoms with Gasteiger partial charge in [-0.25, -0.2) is 4.79 Å². The summed E-state index contributed by atoms with van der Waals surface area (Å²) in [6, 6.07) is 6.65. The van der Waals surface area contributed by atoms with E-state index < -0.39 is 35.7 Å². The van der Waals surface area contributed by atoms with E-state index in [1.165, 1.54) is 0 Å². The number of benzene rings is 1. The third-order valence-corrected chi connectivity index (χ3v) is 8.04. The number of nitrogens with one attached hydrogen (secondary N) is 2. The van der Waals surface area contributed by atoms with Gasteiger partial charge in [0.25, 0.3) is 5.91 Å². The smallest absolute Gasteiger partial charge is 0.337 e. The van der Waals surface area contributed by atoms with Crippen molar-refractivity contribution in [2.24, 2.45) is 0 Å². The molecule has 1 rings (SSSR count). The number of carbonyl (C=O) groups is 3. The fourth-order valence-electron chi connectivity index (χ4n) is 4.77. The van der Waals surface area contributed by atoms with Crippen molar-refractivity contribution in [3.05, 3.63) is 102 Å². The third kappa shape index (κ3) is 19.6. The van der Waals surface area contributed by atoms with Crippen LogP contribution in [0.4, 0.5) is 0 Å². The maximum atomic E-state index is 13.1. The number of ether oxygens (including phenoxy) is 2. The van der Waals surface area contributed by atoms with E-state index in [1.54, 1.807) is 38.1 Å². The number of aliphatic hydroxyl groups excluding tert-OH is 2. The minimum absolute atomic E-state index is 0.00599. The first kappa shape index (κ1) is 46.1. The van der Waals surface area contributed by atoms with Gasteiger partial charge in [0.1, 0.15) is 5.75 Å². The molecule has 0 aliphatic rings. The Morgan fingerprint density at radius 1 is 0.827 bits per heavy atom. The quantitative estimate of drug-likeness (QED) is 0.0408. The number of halogens is 1. The molecule has 2 unspecified atom stereocenters. The molecule has 10 heteroatoms. The van der Waals surface area contributed by atoms with Crippen LogP contribution in [0.25, 0.3) is 0 Å². The first-order valence-corrected chi connectivity index (χ1v) is 18.8. The highest BCUT2D eigenvalue weighted by atomic mass is 35.5. The van der Waals surface area contributed by atoms with Crippen molar-refractivity contribution in [2.75, 3.05) is 19.8 Å². The van der Waals surface area contributed by atoms with E-state index in [0.29, 0.717) is 23.6 Å². The summed E-state index contributed by atoms with van der Waals surface area (Å²) in [4.78, 5) is 38.8. The lowest BCUT2D eigenvalue weighted by atomic mass is 9.89. The Hall–Kier alpha value is -3.92. The van der Waals surface area contributed by atoms with Gasteiger partial charge in [0, 0.05) is 18.0 Å². The van der Waals surface area contributed by atoms with Crippen LogP contribution in [0.1, 0.15) is 98.3 Å². The number of amides is 2. The summed E-state index contributed by atoms with van der Waals surface area (Å²) in [5.74, 6) is -1.31. The number of rotatable bonds is 27. The van der Waals surface area contributed by atoms with Gasteiger partial charge in [-0.1, -0.05) is 98.4 Å². The van der Waals surface area contributed by atoms with Crippen LogP contribution in [0.15, 0.2) is 97.2 Å². The molecule has 0 aromatic heterocycles. The minimum atomic E-state index is -2.04. The molecule has 0 spiro atoms. The molecule has 9 nitrogen and oxygen atoms in total. The summed E-state index contributed by atoms with van der Waals surface area (Å²) in [5.41, 5.74) is -3.23. The lowest BCUT2D eigenvalue weighted by Gasteiger charge is -2.35. The van der Waals surface area contributed by atoms with Crippen LogP contribution >= 0.6 is 11.6 Å². The van der Waals surface area contributed by atoms with Crippen molar-refractivity contribution in [1.29, 1.82) is 0 Å².